The third-order valence-corrected chi connectivity index (χ3v) is 4.49. The van der Waals surface area contributed by atoms with Crippen LogP contribution in [0.2, 0.25) is 0 Å². The van der Waals surface area contributed by atoms with Crippen LogP contribution >= 0.6 is 0 Å². The lowest BCUT2D eigenvalue weighted by atomic mass is 10.1. The second-order valence-corrected chi connectivity index (χ2v) is 7.12. The Kier molecular flexibility index (Phi) is 6.51. The number of amides is 1. The molecular weight excluding hydrogens is 384 g/mol. The van der Waals surface area contributed by atoms with E-state index in [0.29, 0.717) is 29.4 Å². The van der Waals surface area contributed by atoms with E-state index in [1.54, 1.807) is 24.3 Å². The number of ether oxygens (including phenoxy) is 2. The van der Waals surface area contributed by atoms with Crippen molar-refractivity contribution in [2.45, 2.75) is 34.3 Å². The minimum absolute atomic E-state index is 0.323. The minimum atomic E-state index is -0.581. The summed E-state index contributed by atoms with van der Waals surface area (Å²) in [6, 6.07) is 12.2. The number of aryl methyl sites for hydroxylation is 4. The molecule has 1 amide bonds. The summed E-state index contributed by atoms with van der Waals surface area (Å²) < 4.78 is 15.9. The molecule has 3 aromatic rings. The van der Waals surface area contributed by atoms with Gasteiger partial charge in [-0.15, -0.1) is 0 Å². The lowest BCUT2D eigenvalue weighted by Gasteiger charge is -2.09. The summed E-state index contributed by atoms with van der Waals surface area (Å²) in [6.45, 7) is 7.53. The number of nitrogens with one attached hydrogen (secondary N) is 1. The van der Waals surface area contributed by atoms with Crippen LogP contribution in [0.5, 0.6) is 5.75 Å². The van der Waals surface area contributed by atoms with Gasteiger partial charge < -0.3 is 19.3 Å². The molecule has 0 bridgehead atoms. The first-order valence-electron chi connectivity index (χ1n) is 9.51. The number of hydrogen-bond acceptors (Lipinski definition) is 6. The molecule has 0 atom stereocenters. The van der Waals surface area contributed by atoms with Crippen molar-refractivity contribution < 1.29 is 23.6 Å². The van der Waals surface area contributed by atoms with Gasteiger partial charge >= 0.3 is 5.97 Å². The summed E-state index contributed by atoms with van der Waals surface area (Å²) in [7, 11) is 0. The van der Waals surface area contributed by atoms with E-state index in [2.05, 4.69) is 10.5 Å². The van der Waals surface area contributed by atoms with Crippen LogP contribution in [-0.4, -0.2) is 23.6 Å². The van der Waals surface area contributed by atoms with Gasteiger partial charge in [-0.3, -0.25) is 4.79 Å². The smallest absolute Gasteiger partial charge is 0.338 e. The second kappa shape index (κ2) is 9.26. The Hall–Kier alpha value is -3.61. The number of hydrogen-bond donors (Lipinski definition) is 1. The molecule has 0 unspecified atom stereocenters. The molecule has 0 spiro atoms. The van der Waals surface area contributed by atoms with Crippen molar-refractivity contribution in [1.29, 1.82) is 0 Å². The summed E-state index contributed by atoms with van der Waals surface area (Å²) in [5, 5.41) is 6.62. The lowest BCUT2D eigenvalue weighted by Crippen LogP contribution is -2.21. The van der Waals surface area contributed by atoms with Gasteiger partial charge in [0.15, 0.2) is 6.61 Å². The van der Waals surface area contributed by atoms with Gasteiger partial charge in [0.2, 0.25) is 0 Å². The van der Waals surface area contributed by atoms with Crippen molar-refractivity contribution in [3.8, 4) is 5.75 Å². The van der Waals surface area contributed by atoms with E-state index >= 15 is 0 Å². The highest BCUT2D eigenvalue weighted by molar-refractivity contribution is 5.95. The number of nitrogens with zero attached hydrogens (tertiary/aromatic N) is 1. The SMILES string of the molecule is Cc1cc(C)cc(NC(=O)COC(=O)c2ccc(OCc3c(C)noc3C)cc2)c1. The molecule has 1 N–H and O–H groups in total. The highest BCUT2D eigenvalue weighted by Gasteiger charge is 2.12. The molecule has 0 radical (unpaired) electrons. The van der Waals surface area contributed by atoms with Gasteiger partial charge in [0.1, 0.15) is 18.1 Å². The molecule has 30 heavy (non-hydrogen) atoms. The molecule has 0 fully saturated rings. The summed E-state index contributed by atoms with van der Waals surface area (Å²) in [5.74, 6) is 0.335. The lowest BCUT2D eigenvalue weighted by molar-refractivity contribution is -0.119. The van der Waals surface area contributed by atoms with E-state index in [4.69, 9.17) is 14.0 Å². The summed E-state index contributed by atoms with van der Waals surface area (Å²) in [6.07, 6.45) is 0. The van der Waals surface area contributed by atoms with Crippen molar-refractivity contribution in [3.63, 3.8) is 0 Å². The molecule has 2 aromatic carbocycles. The molecule has 3 rings (SSSR count). The molecule has 0 saturated heterocycles. The van der Waals surface area contributed by atoms with Gasteiger partial charge in [-0.25, -0.2) is 4.79 Å². The van der Waals surface area contributed by atoms with E-state index < -0.39 is 11.9 Å². The average molecular weight is 408 g/mol. The Morgan fingerprint density at radius 2 is 1.67 bits per heavy atom. The van der Waals surface area contributed by atoms with Gasteiger partial charge in [-0.2, -0.15) is 0 Å². The Labute approximate surface area is 175 Å². The number of anilines is 1. The fraction of sp³-hybridized carbons (Fsp3) is 0.261. The Morgan fingerprint density at radius 3 is 2.27 bits per heavy atom. The molecule has 0 aliphatic carbocycles. The van der Waals surface area contributed by atoms with Crippen LogP contribution in [0.15, 0.2) is 47.0 Å². The van der Waals surface area contributed by atoms with Crippen molar-refractivity contribution in [2.24, 2.45) is 0 Å². The highest BCUT2D eigenvalue weighted by atomic mass is 16.5. The molecule has 0 aliphatic heterocycles. The molecule has 0 aliphatic rings. The number of esters is 1. The first kappa shape index (κ1) is 21.1. The van der Waals surface area contributed by atoms with E-state index in [0.717, 1.165) is 22.4 Å². The third-order valence-electron chi connectivity index (χ3n) is 4.49. The number of rotatable bonds is 7. The molecule has 0 saturated carbocycles. The van der Waals surface area contributed by atoms with Gasteiger partial charge in [-0.1, -0.05) is 11.2 Å². The quantitative estimate of drug-likeness (QED) is 0.587. The van der Waals surface area contributed by atoms with E-state index in [9.17, 15) is 9.59 Å². The number of benzene rings is 2. The van der Waals surface area contributed by atoms with Gasteiger partial charge in [-0.05, 0) is 75.2 Å². The van der Waals surface area contributed by atoms with Crippen LogP contribution < -0.4 is 10.1 Å². The maximum absolute atomic E-state index is 12.2. The maximum Gasteiger partial charge on any atom is 0.338 e. The molecule has 156 valence electrons. The van der Waals surface area contributed by atoms with Crippen LogP contribution in [-0.2, 0) is 16.1 Å². The fourth-order valence-corrected chi connectivity index (χ4v) is 3.01. The number of aromatic nitrogens is 1. The molecule has 7 heteroatoms. The highest BCUT2D eigenvalue weighted by Crippen LogP contribution is 2.18. The third kappa shape index (κ3) is 5.47. The molecule has 7 nitrogen and oxygen atoms in total. The van der Waals surface area contributed by atoms with E-state index in [1.165, 1.54) is 0 Å². The molecular formula is C23H24N2O5. The van der Waals surface area contributed by atoms with Crippen molar-refractivity contribution in [1.82, 2.24) is 5.16 Å². The van der Waals surface area contributed by atoms with Gasteiger partial charge in [0.05, 0.1) is 16.8 Å². The number of carbonyl (C=O) groups is 2. The van der Waals surface area contributed by atoms with E-state index in [1.807, 2.05) is 45.9 Å². The minimum Gasteiger partial charge on any atom is -0.489 e. The summed E-state index contributed by atoms with van der Waals surface area (Å²) in [5.41, 5.74) is 4.77. The van der Waals surface area contributed by atoms with Gasteiger partial charge in [0.25, 0.3) is 5.91 Å². The van der Waals surface area contributed by atoms with Crippen molar-refractivity contribution in [3.05, 3.63) is 76.2 Å². The van der Waals surface area contributed by atoms with Crippen LogP contribution in [0.1, 0.15) is 38.5 Å². The topological polar surface area (TPSA) is 90.7 Å². The Bertz CT molecular complexity index is 1010. The predicted octanol–water partition coefficient (Wildman–Crippen LogP) is 4.28. The largest absolute Gasteiger partial charge is 0.489 e. The van der Waals surface area contributed by atoms with Crippen molar-refractivity contribution in [2.75, 3.05) is 11.9 Å². The number of carbonyl (C=O) groups excluding carboxylic acids is 2. The zero-order valence-electron chi connectivity index (χ0n) is 17.4. The van der Waals surface area contributed by atoms with Crippen LogP contribution in [0, 0.1) is 27.7 Å². The zero-order chi connectivity index (χ0) is 21.7. The maximum atomic E-state index is 12.2. The van der Waals surface area contributed by atoms with Gasteiger partial charge in [0, 0.05) is 5.69 Å². The summed E-state index contributed by atoms with van der Waals surface area (Å²) >= 11 is 0. The predicted molar refractivity (Wildman–Crippen MR) is 112 cm³/mol. The summed E-state index contributed by atoms with van der Waals surface area (Å²) in [4.78, 5) is 24.2. The fourth-order valence-electron chi connectivity index (χ4n) is 3.01. The van der Waals surface area contributed by atoms with E-state index in [-0.39, 0.29) is 6.61 Å². The normalized spacial score (nSPS) is 10.5. The van der Waals surface area contributed by atoms with Crippen LogP contribution in [0.3, 0.4) is 0 Å². The standard InChI is InChI=1S/C23H24N2O5/c1-14-9-15(2)11-19(10-14)24-22(26)13-29-23(27)18-5-7-20(8-6-18)28-12-21-16(3)25-30-17(21)4/h5-11H,12-13H2,1-4H3,(H,24,26). The van der Waals surface area contributed by atoms with Crippen molar-refractivity contribution >= 4 is 17.6 Å². The molecule has 1 aromatic heterocycles. The monoisotopic (exact) mass is 408 g/mol. The van der Waals surface area contributed by atoms with Crippen LogP contribution in [0.25, 0.3) is 0 Å². The second-order valence-electron chi connectivity index (χ2n) is 7.12. The first-order chi connectivity index (χ1) is 14.3. The molecule has 1 heterocycles. The average Bonchev–Trinajstić information content (AvgIpc) is 3.01. The van der Waals surface area contributed by atoms with Crippen LogP contribution in [0.4, 0.5) is 5.69 Å². The Balaban J connectivity index is 1.50. The zero-order valence-corrected chi connectivity index (χ0v) is 17.4. The first-order valence-corrected chi connectivity index (χ1v) is 9.51. The Morgan fingerprint density at radius 1 is 1.00 bits per heavy atom.